The number of hydrogen-bond acceptors (Lipinski definition) is 1. The topological polar surface area (TPSA) is 9.23 Å². The average Bonchev–Trinajstić information content (AvgIpc) is 2.95. The van der Waals surface area contributed by atoms with Gasteiger partial charge in [0.25, 0.3) is 0 Å². The van der Waals surface area contributed by atoms with Gasteiger partial charge in [-0.25, -0.2) is 0 Å². The van der Waals surface area contributed by atoms with Crippen molar-refractivity contribution in [2.24, 2.45) is 11.8 Å². The molecule has 0 N–H and O–H groups in total. The van der Waals surface area contributed by atoms with Gasteiger partial charge in [0.05, 0.1) is 12.7 Å². The maximum atomic E-state index is 6.10. The summed E-state index contributed by atoms with van der Waals surface area (Å²) in [5.74, 6) is 0.870. The lowest BCUT2D eigenvalue weighted by Gasteiger charge is -2.39. The van der Waals surface area contributed by atoms with E-state index in [1.165, 1.54) is 27.1 Å². The van der Waals surface area contributed by atoms with Crippen molar-refractivity contribution >= 4 is 11.6 Å². The van der Waals surface area contributed by atoms with Crippen LogP contribution in [0, 0.1) is 11.8 Å². The van der Waals surface area contributed by atoms with Gasteiger partial charge in [-0.1, -0.05) is 66.8 Å². The Balaban J connectivity index is 1.90. The molecule has 1 heterocycles. The van der Waals surface area contributed by atoms with E-state index in [1.54, 1.807) is 0 Å². The second kappa shape index (κ2) is 4.19. The molecule has 1 aliphatic heterocycles. The average molecular weight is 272 g/mol. The van der Waals surface area contributed by atoms with E-state index < -0.39 is 0 Å². The lowest BCUT2D eigenvalue weighted by atomic mass is 9.71. The quantitative estimate of drug-likeness (QED) is 0.670. The fourth-order valence-electron chi connectivity index (χ4n) is 4.15. The molecule has 0 amide bonds. The Labute approximate surface area is 123 Å². The molecule has 0 fully saturated rings. The number of hydrogen-bond donors (Lipinski definition) is 0. The summed E-state index contributed by atoms with van der Waals surface area (Å²) in [7, 11) is 0. The van der Waals surface area contributed by atoms with Crippen molar-refractivity contribution in [3.63, 3.8) is 0 Å². The molecule has 5 rings (SSSR count). The van der Waals surface area contributed by atoms with Gasteiger partial charge in [-0.05, 0) is 27.1 Å². The lowest BCUT2D eigenvalue weighted by molar-refractivity contribution is 0.0237. The molecule has 3 aliphatic rings. The van der Waals surface area contributed by atoms with E-state index in [0.29, 0.717) is 11.8 Å². The van der Waals surface area contributed by atoms with E-state index in [-0.39, 0.29) is 6.10 Å². The second-order valence-corrected chi connectivity index (χ2v) is 6.04. The molecule has 2 aromatic rings. The van der Waals surface area contributed by atoms with Crippen LogP contribution in [0.4, 0.5) is 0 Å². The Morgan fingerprint density at radius 1 is 0.952 bits per heavy atom. The standard InChI is InChI=1S/C20H16O/c1-2-7-14-13(6-1)12-18-17-10-5-11-21-20(17)16-9-4-3-8-15(16)19(14)18/h1-10,12,17-18,20H,11H2. The third-order valence-corrected chi connectivity index (χ3v) is 5.00. The van der Waals surface area contributed by atoms with Gasteiger partial charge in [-0.2, -0.15) is 0 Å². The van der Waals surface area contributed by atoms with Crippen molar-refractivity contribution in [2.45, 2.75) is 6.10 Å². The summed E-state index contributed by atoms with van der Waals surface area (Å²) in [6.07, 6.45) is 7.16. The Kier molecular flexibility index (Phi) is 2.30. The van der Waals surface area contributed by atoms with E-state index in [0.717, 1.165) is 6.61 Å². The molecule has 0 bridgehead atoms. The molecular formula is C20H16O. The third-order valence-electron chi connectivity index (χ3n) is 5.00. The molecule has 0 spiro atoms. The molecule has 1 nitrogen and oxygen atoms in total. The maximum Gasteiger partial charge on any atom is 0.0906 e. The van der Waals surface area contributed by atoms with Crippen molar-refractivity contribution in [3.05, 3.63) is 82.2 Å². The molecule has 21 heavy (non-hydrogen) atoms. The van der Waals surface area contributed by atoms with Gasteiger partial charge in [-0.15, -0.1) is 0 Å². The zero-order valence-electron chi connectivity index (χ0n) is 11.7. The number of benzene rings is 2. The normalized spacial score (nSPS) is 28.2. The molecule has 2 aliphatic carbocycles. The van der Waals surface area contributed by atoms with Crippen molar-refractivity contribution in [2.75, 3.05) is 6.61 Å². The van der Waals surface area contributed by atoms with E-state index in [9.17, 15) is 0 Å². The minimum Gasteiger partial charge on any atom is -0.369 e. The highest BCUT2D eigenvalue weighted by atomic mass is 16.5. The maximum absolute atomic E-state index is 6.10. The van der Waals surface area contributed by atoms with Gasteiger partial charge in [0.2, 0.25) is 0 Å². The Morgan fingerprint density at radius 2 is 1.81 bits per heavy atom. The molecule has 3 atom stereocenters. The van der Waals surface area contributed by atoms with Crippen LogP contribution in [0.1, 0.15) is 17.2 Å². The minimum absolute atomic E-state index is 0.200. The Hall–Kier alpha value is -2.12. The Bertz CT molecular complexity index is 875. The van der Waals surface area contributed by atoms with Crippen LogP contribution in [0.5, 0.6) is 0 Å². The van der Waals surface area contributed by atoms with Crippen LogP contribution in [0.3, 0.4) is 0 Å². The summed E-state index contributed by atoms with van der Waals surface area (Å²) in [5.41, 5.74) is 4.21. The molecule has 0 saturated carbocycles. The summed E-state index contributed by atoms with van der Waals surface area (Å²) < 4.78 is 6.10. The number of ether oxygens (including phenoxy) is 1. The smallest absolute Gasteiger partial charge is 0.0906 e. The van der Waals surface area contributed by atoms with Crippen molar-refractivity contribution in [3.8, 4) is 0 Å². The highest BCUT2D eigenvalue weighted by molar-refractivity contribution is 5.80. The molecule has 0 aromatic heterocycles. The van der Waals surface area contributed by atoms with Gasteiger partial charge in [0.15, 0.2) is 0 Å². The van der Waals surface area contributed by atoms with E-state index >= 15 is 0 Å². The van der Waals surface area contributed by atoms with Gasteiger partial charge in [0.1, 0.15) is 0 Å². The molecule has 0 radical (unpaired) electrons. The van der Waals surface area contributed by atoms with Gasteiger partial charge < -0.3 is 4.74 Å². The summed E-state index contributed by atoms with van der Waals surface area (Å²) in [6.45, 7) is 0.727. The molecule has 1 heteroatoms. The van der Waals surface area contributed by atoms with Crippen molar-refractivity contribution < 1.29 is 4.74 Å². The van der Waals surface area contributed by atoms with Crippen molar-refractivity contribution in [1.29, 1.82) is 0 Å². The van der Waals surface area contributed by atoms with Crippen LogP contribution < -0.4 is 10.4 Å². The monoisotopic (exact) mass is 272 g/mol. The highest BCUT2D eigenvalue weighted by Crippen LogP contribution is 2.48. The van der Waals surface area contributed by atoms with E-state index in [4.69, 9.17) is 4.74 Å². The highest BCUT2D eigenvalue weighted by Gasteiger charge is 2.40. The van der Waals surface area contributed by atoms with Crippen LogP contribution in [0.15, 0.2) is 60.7 Å². The molecular weight excluding hydrogens is 256 g/mol. The molecule has 2 aromatic carbocycles. The third kappa shape index (κ3) is 1.50. The van der Waals surface area contributed by atoms with Crippen molar-refractivity contribution in [1.82, 2.24) is 0 Å². The van der Waals surface area contributed by atoms with E-state index in [2.05, 4.69) is 66.8 Å². The predicted molar refractivity (Wildman–Crippen MR) is 83.9 cm³/mol. The molecule has 3 unspecified atom stereocenters. The summed E-state index contributed by atoms with van der Waals surface area (Å²) in [5, 5.41) is 2.76. The SMILES string of the molecule is C1=CC2C3C=c4ccccc4=C3c3ccccc3C2OC1. The minimum atomic E-state index is 0.200. The molecule has 102 valence electrons. The fraction of sp³-hybridized carbons (Fsp3) is 0.200. The van der Waals surface area contributed by atoms with Crippen LogP contribution >= 0.6 is 0 Å². The number of fused-ring (bicyclic) bond motifs is 7. The fourth-order valence-corrected chi connectivity index (χ4v) is 4.15. The van der Waals surface area contributed by atoms with Crippen LogP contribution in [-0.2, 0) is 4.74 Å². The predicted octanol–water partition coefficient (Wildman–Crippen LogP) is 2.55. The largest absolute Gasteiger partial charge is 0.369 e. The van der Waals surface area contributed by atoms with Gasteiger partial charge >= 0.3 is 0 Å². The van der Waals surface area contributed by atoms with Gasteiger partial charge in [-0.3, -0.25) is 0 Å². The number of rotatable bonds is 0. The Morgan fingerprint density at radius 3 is 2.81 bits per heavy atom. The van der Waals surface area contributed by atoms with Crippen LogP contribution in [0.25, 0.3) is 11.6 Å². The zero-order chi connectivity index (χ0) is 13.8. The van der Waals surface area contributed by atoms with Crippen LogP contribution in [0.2, 0.25) is 0 Å². The summed E-state index contributed by atoms with van der Waals surface area (Å²) in [4.78, 5) is 0. The van der Waals surface area contributed by atoms with Gasteiger partial charge in [0, 0.05) is 11.8 Å². The zero-order valence-corrected chi connectivity index (χ0v) is 11.7. The first-order valence-electron chi connectivity index (χ1n) is 7.62. The first-order valence-corrected chi connectivity index (χ1v) is 7.62. The first-order chi connectivity index (χ1) is 10.4. The first kappa shape index (κ1) is 11.5. The summed E-state index contributed by atoms with van der Waals surface area (Å²) >= 11 is 0. The summed E-state index contributed by atoms with van der Waals surface area (Å²) in [6, 6.07) is 17.5. The molecule has 0 saturated heterocycles. The van der Waals surface area contributed by atoms with Crippen LogP contribution in [-0.4, -0.2) is 6.61 Å². The lowest BCUT2D eigenvalue weighted by Crippen LogP contribution is -2.31. The second-order valence-electron chi connectivity index (χ2n) is 6.04. The van der Waals surface area contributed by atoms with E-state index in [1.807, 2.05) is 0 Å².